The molecule has 1 aliphatic heterocycles. The fourth-order valence-corrected chi connectivity index (χ4v) is 3.90. The number of nitrogens with zero attached hydrogens (tertiary/aromatic N) is 4. The van der Waals surface area contributed by atoms with E-state index in [2.05, 4.69) is 55.8 Å². The largest absolute Gasteiger partial charge is 0.497 e. The van der Waals surface area contributed by atoms with Crippen molar-refractivity contribution in [1.82, 2.24) is 8.75 Å². The summed E-state index contributed by atoms with van der Waals surface area (Å²) >= 11 is 1.21. The van der Waals surface area contributed by atoms with Crippen molar-refractivity contribution in [2.75, 3.05) is 43.1 Å². The molecule has 7 heteroatoms. The molecule has 4 rings (SSSR count). The van der Waals surface area contributed by atoms with Gasteiger partial charge in [0.2, 0.25) is 5.82 Å². The quantitative estimate of drug-likeness (QED) is 0.632. The predicted octanol–water partition coefficient (Wildman–Crippen LogP) is 3.76. The Morgan fingerprint density at radius 1 is 0.964 bits per heavy atom. The van der Waals surface area contributed by atoms with Crippen LogP contribution in [0.25, 0.3) is 0 Å². The molecule has 0 unspecified atom stereocenters. The molecule has 0 aliphatic carbocycles. The minimum Gasteiger partial charge on any atom is -0.497 e. The SMILES string of the molecule is COc1ccc(N2CCN(c3nsnc3OCc3cccc(C)c3)CC2)cc1. The second-order valence-electron chi connectivity index (χ2n) is 6.84. The summed E-state index contributed by atoms with van der Waals surface area (Å²) in [6, 6.07) is 16.6. The zero-order chi connectivity index (χ0) is 19.3. The Bertz CT molecular complexity index is 905. The van der Waals surface area contributed by atoms with Crippen molar-refractivity contribution in [3.63, 3.8) is 0 Å². The fourth-order valence-electron chi connectivity index (χ4n) is 3.38. The molecule has 0 atom stereocenters. The van der Waals surface area contributed by atoms with Crippen LogP contribution in [-0.4, -0.2) is 42.0 Å². The van der Waals surface area contributed by atoms with Crippen LogP contribution in [0, 0.1) is 6.92 Å². The smallest absolute Gasteiger partial charge is 0.271 e. The van der Waals surface area contributed by atoms with Crippen LogP contribution in [-0.2, 0) is 6.61 Å². The molecule has 0 spiro atoms. The maximum Gasteiger partial charge on any atom is 0.271 e. The molecule has 28 heavy (non-hydrogen) atoms. The minimum atomic E-state index is 0.506. The Kier molecular flexibility index (Phi) is 5.62. The van der Waals surface area contributed by atoms with Gasteiger partial charge < -0.3 is 19.3 Å². The maximum atomic E-state index is 5.98. The van der Waals surface area contributed by atoms with Gasteiger partial charge in [0.25, 0.3) is 5.88 Å². The van der Waals surface area contributed by atoms with Gasteiger partial charge in [-0.05, 0) is 36.8 Å². The molecule has 0 saturated carbocycles. The first-order valence-electron chi connectivity index (χ1n) is 9.38. The lowest BCUT2D eigenvalue weighted by atomic mass is 10.1. The molecule has 2 aromatic carbocycles. The normalized spacial score (nSPS) is 14.2. The van der Waals surface area contributed by atoms with Crippen LogP contribution in [0.3, 0.4) is 0 Å². The van der Waals surface area contributed by atoms with Crippen molar-refractivity contribution >= 4 is 23.2 Å². The number of anilines is 2. The van der Waals surface area contributed by atoms with Gasteiger partial charge in [0.1, 0.15) is 12.4 Å². The summed E-state index contributed by atoms with van der Waals surface area (Å²) in [4.78, 5) is 4.64. The monoisotopic (exact) mass is 396 g/mol. The first kappa shape index (κ1) is 18.6. The lowest BCUT2D eigenvalue weighted by Gasteiger charge is -2.36. The third-order valence-electron chi connectivity index (χ3n) is 4.92. The molecule has 0 radical (unpaired) electrons. The van der Waals surface area contributed by atoms with E-state index in [4.69, 9.17) is 9.47 Å². The van der Waals surface area contributed by atoms with Gasteiger partial charge in [-0.3, -0.25) is 0 Å². The minimum absolute atomic E-state index is 0.506. The van der Waals surface area contributed by atoms with Crippen molar-refractivity contribution in [3.8, 4) is 11.6 Å². The number of aromatic nitrogens is 2. The van der Waals surface area contributed by atoms with Crippen LogP contribution in [0.4, 0.5) is 11.5 Å². The van der Waals surface area contributed by atoms with Gasteiger partial charge in [-0.15, -0.1) is 4.37 Å². The van der Waals surface area contributed by atoms with Crippen molar-refractivity contribution in [1.29, 1.82) is 0 Å². The number of hydrogen-bond acceptors (Lipinski definition) is 7. The van der Waals surface area contributed by atoms with Gasteiger partial charge in [0.05, 0.1) is 18.8 Å². The number of benzene rings is 2. The van der Waals surface area contributed by atoms with E-state index < -0.39 is 0 Å². The van der Waals surface area contributed by atoms with E-state index in [1.54, 1.807) is 7.11 Å². The highest BCUT2D eigenvalue weighted by atomic mass is 32.1. The van der Waals surface area contributed by atoms with Crippen LogP contribution in [0.15, 0.2) is 48.5 Å². The second-order valence-corrected chi connectivity index (χ2v) is 7.37. The second kappa shape index (κ2) is 8.48. The Hall–Kier alpha value is -2.80. The van der Waals surface area contributed by atoms with Crippen LogP contribution >= 0.6 is 11.7 Å². The van der Waals surface area contributed by atoms with E-state index in [9.17, 15) is 0 Å². The third kappa shape index (κ3) is 4.20. The molecular formula is C21H24N4O2S. The first-order valence-corrected chi connectivity index (χ1v) is 10.1. The fraction of sp³-hybridized carbons (Fsp3) is 0.333. The van der Waals surface area contributed by atoms with E-state index in [1.165, 1.54) is 23.0 Å². The lowest BCUT2D eigenvalue weighted by molar-refractivity contribution is 0.296. The highest BCUT2D eigenvalue weighted by molar-refractivity contribution is 6.99. The first-order chi connectivity index (χ1) is 13.7. The summed E-state index contributed by atoms with van der Waals surface area (Å²) < 4.78 is 20.1. The number of ether oxygens (including phenoxy) is 2. The van der Waals surface area contributed by atoms with Crippen molar-refractivity contribution in [2.45, 2.75) is 13.5 Å². The summed E-state index contributed by atoms with van der Waals surface area (Å²) in [6.07, 6.45) is 0. The van der Waals surface area contributed by atoms with Crippen molar-refractivity contribution in [2.24, 2.45) is 0 Å². The van der Waals surface area contributed by atoms with Gasteiger partial charge >= 0.3 is 0 Å². The number of piperazine rings is 1. The van der Waals surface area contributed by atoms with E-state index in [0.29, 0.717) is 12.5 Å². The number of hydrogen-bond donors (Lipinski definition) is 0. The topological polar surface area (TPSA) is 50.7 Å². The Morgan fingerprint density at radius 2 is 1.71 bits per heavy atom. The Labute approximate surface area is 169 Å². The molecule has 3 aromatic rings. The van der Waals surface area contributed by atoms with Gasteiger partial charge in [0.15, 0.2) is 0 Å². The summed E-state index contributed by atoms with van der Waals surface area (Å²) in [6.45, 7) is 6.23. The highest BCUT2D eigenvalue weighted by Gasteiger charge is 2.23. The number of rotatable bonds is 6. The van der Waals surface area contributed by atoms with Gasteiger partial charge in [0, 0.05) is 31.9 Å². The predicted molar refractivity (Wildman–Crippen MR) is 113 cm³/mol. The zero-order valence-electron chi connectivity index (χ0n) is 16.2. The molecule has 0 bridgehead atoms. The summed E-state index contributed by atoms with van der Waals surface area (Å²) in [7, 11) is 1.69. The lowest BCUT2D eigenvalue weighted by Crippen LogP contribution is -2.46. The highest BCUT2D eigenvalue weighted by Crippen LogP contribution is 2.28. The van der Waals surface area contributed by atoms with Crippen molar-refractivity contribution < 1.29 is 9.47 Å². The van der Waals surface area contributed by atoms with E-state index in [1.807, 2.05) is 18.2 Å². The third-order valence-corrected chi connectivity index (χ3v) is 5.42. The summed E-state index contributed by atoms with van der Waals surface area (Å²) in [5.41, 5.74) is 3.59. The Morgan fingerprint density at radius 3 is 2.43 bits per heavy atom. The molecule has 0 N–H and O–H groups in total. The van der Waals surface area contributed by atoms with Crippen LogP contribution < -0.4 is 19.3 Å². The van der Waals surface area contributed by atoms with E-state index in [-0.39, 0.29) is 0 Å². The van der Waals surface area contributed by atoms with Gasteiger partial charge in [-0.2, -0.15) is 4.37 Å². The summed E-state index contributed by atoms with van der Waals surface area (Å²) in [5, 5.41) is 0. The standard InChI is InChI=1S/C21H24N4O2S/c1-16-4-3-5-17(14-16)15-27-21-20(22-28-23-21)25-12-10-24(11-13-25)18-6-8-19(26-2)9-7-18/h3-9,14H,10-13,15H2,1-2H3. The maximum absolute atomic E-state index is 5.98. The Balaban J connectivity index is 1.36. The van der Waals surface area contributed by atoms with E-state index in [0.717, 1.165) is 43.3 Å². The van der Waals surface area contributed by atoms with Crippen LogP contribution in [0.2, 0.25) is 0 Å². The van der Waals surface area contributed by atoms with Gasteiger partial charge in [-0.25, -0.2) is 0 Å². The van der Waals surface area contributed by atoms with Crippen LogP contribution in [0.5, 0.6) is 11.6 Å². The molecule has 1 saturated heterocycles. The zero-order valence-corrected chi connectivity index (χ0v) is 17.0. The average Bonchev–Trinajstić information content (AvgIpc) is 3.21. The van der Waals surface area contributed by atoms with E-state index >= 15 is 0 Å². The molecule has 146 valence electrons. The van der Waals surface area contributed by atoms with Gasteiger partial charge in [-0.1, -0.05) is 29.8 Å². The summed E-state index contributed by atoms with van der Waals surface area (Å²) in [5.74, 6) is 2.36. The molecule has 0 amide bonds. The molecule has 1 aromatic heterocycles. The number of methoxy groups -OCH3 is 1. The van der Waals surface area contributed by atoms with Crippen LogP contribution in [0.1, 0.15) is 11.1 Å². The molecule has 2 heterocycles. The molecule has 1 aliphatic rings. The molecular weight excluding hydrogens is 372 g/mol. The van der Waals surface area contributed by atoms with Crippen molar-refractivity contribution in [3.05, 3.63) is 59.7 Å². The average molecular weight is 397 g/mol. The molecule has 1 fully saturated rings. The molecule has 6 nitrogen and oxygen atoms in total. The number of aryl methyl sites for hydroxylation is 1.